The monoisotopic (exact) mass is 417 g/mol. The van der Waals surface area contributed by atoms with Crippen molar-refractivity contribution in [3.63, 3.8) is 0 Å². The Bertz CT molecular complexity index is 726. The zero-order valence-electron chi connectivity index (χ0n) is 18.1. The van der Waals surface area contributed by atoms with Gasteiger partial charge in [0.1, 0.15) is 6.54 Å². The summed E-state index contributed by atoms with van der Waals surface area (Å²) in [5, 5.41) is 7.24. The van der Waals surface area contributed by atoms with Crippen LogP contribution in [0.1, 0.15) is 44.1 Å². The third-order valence-corrected chi connectivity index (χ3v) is 6.52. The van der Waals surface area contributed by atoms with Gasteiger partial charge in [0.05, 0.1) is 6.20 Å². The number of hydrogen-bond acceptors (Lipinski definition) is 5. The number of piperidine rings is 1. The predicted molar refractivity (Wildman–Crippen MR) is 113 cm³/mol. The highest BCUT2D eigenvalue weighted by Crippen LogP contribution is 2.32. The predicted octanol–water partition coefficient (Wildman–Crippen LogP) is 1.19. The smallest absolute Gasteiger partial charge is 0.241 e. The normalized spacial score (nSPS) is 23.0. The van der Waals surface area contributed by atoms with Crippen molar-refractivity contribution in [1.82, 2.24) is 24.9 Å². The fourth-order valence-corrected chi connectivity index (χ4v) is 4.78. The highest BCUT2D eigenvalue weighted by atomic mass is 16.5. The molecule has 0 radical (unpaired) electrons. The molecule has 1 aromatic rings. The number of amides is 2. The third kappa shape index (κ3) is 5.60. The van der Waals surface area contributed by atoms with E-state index >= 15 is 0 Å². The molecule has 1 N–H and O–H groups in total. The van der Waals surface area contributed by atoms with Crippen molar-refractivity contribution >= 4 is 11.8 Å². The van der Waals surface area contributed by atoms with Crippen LogP contribution in [0.2, 0.25) is 0 Å². The lowest BCUT2D eigenvalue weighted by Crippen LogP contribution is -2.55. The van der Waals surface area contributed by atoms with Crippen LogP contribution in [0.25, 0.3) is 0 Å². The van der Waals surface area contributed by atoms with E-state index < -0.39 is 0 Å². The summed E-state index contributed by atoms with van der Waals surface area (Å²) in [5.74, 6) is 0.624. The molecule has 30 heavy (non-hydrogen) atoms. The van der Waals surface area contributed by atoms with Crippen LogP contribution in [0.4, 0.5) is 0 Å². The maximum absolute atomic E-state index is 12.6. The molecule has 2 saturated heterocycles. The summed E-state index contributed by atoms with van der Waals surface area (Å²) in [6, 6.07) is 0.834. The van der Waals surface area contributed by atoms with Crippen molar-refractivity contribution in [2.24, 2.45) is 5.92 Å². The Morgan fingerprint density at radius 1 is 1.20 bits per heavy atom. The van der Waals surface area contributed by atoms with E-state index in [2.05, 4.69) is 20.2 Å². The first-order valence-corrected chi connectivity index (χ1v) is 11.5. The standard InChI is InChI=1S/C22H35N5O3/c1-17-13-24-26(14-17)16-21(28)23-8-10-27(19-6-11-30-12-7-19)20-3-2-9-25(15-20)22(29)18-4-5-18/h13-14,18-20H,2-12,15-16H2,1H3,(H,23,28). The Labute approximate surface area is 178 Å². The molecule has 1 saturated carbocycles. The quantitative estimate of drug-likeness (QED) is 0.687. The number of aryl methyl sites for hydroxylation is 1. The molecular formula is C22H35N5O3. The van der Waals surface area contributed by atoms with Crippen LogP contribution in [0, 0.1) is 12.8 Å². The van der Waals surface area contributed by atoms with Gasteiger partial charge in [0.25, 0.3) is 0 Å². The first kappa shape index (κ1) is 21.3. The summed E-state index contributed by atoms with van der Waals surface area (Å²) >= 11 is 0. The summed E-state index contributed by atoms with van der Waals surface area (Å²) in [4.78, 5) is 29.6. The molecule has 3 aliphatic rings. The minimum Gasteiger partial charge on any atom is -0.381 e. The number of nitrogens with one attached hydrogen (secondary N) is 1. The summed E-state index contributed by atoms with van der Waals surface area (Å²) in [6.45, 7) is 6.95. The van der Waals surface area contributed by atoms with Gasteiger partial charge in [-0.15, -0.1) is 0 Å². The second-order valence-electron chi connectivity index (χ2n) is 9.00. The molecule has 0 spiro atoms. The van der Waals surface area contributed by atoms with E-state index in [9.17, 15) is 9.59 Å². The Morgan fingerprint density at radius 2 is 2.00 bits per heavy atom. The first-order chi connectivity index (χ1) is 14.6. The number of carbonyl (C=O) groups is 2. The lowest BCUT2D eigenvalue weighted by atomic mass is 9.98. The maximum Gasteiger partial charge on any atom is 0.241 e. The van der Waals surface area contributed by atoms with Gasteiger partial charge in [0.15, 0.2) is 0 Å². The minimum atomic E-state index is -0.0146. The van der Waals surface area contributed by atoms with E-state index in [1.165, 1.54) is 0 Å². The molecule has 166 valence electrons. The molecule has 2 aliphatic heterocycles. The molecule has 1 atom stereocenters. The summed E-state index contributed by atoms with van der Waals surface area (Å²) in [6.07, 6.45) is 9.98. The van der Waals surface area contributed by atoms with Gasteiger partial charge in [0, 0.05) is 63.6 Å². The number of carbonyl (C=O) groups excluding carboxylic acids is 2. The van der Waals surface area contributed by atoms with Crippen LogP contribution >= 0.6 is 0 Å². The summed E-state index contributed by atoms with van der Waals surface area (Å²) in [7, 11) is 0. The molecule has 0 aromatic carbocycles. The third-order valence-electron chi connectivity index (χ3n) is 6.52. The largest absolute Gasteiger partial charge is 0.381 e. The number of hydrogen-bond donors (Lipinski definition) is 1. The molecule has 1 aliphatic carbocycles. The number of rotatable bonds is 8. The van der Waals surface area contributed by atoms with Gasteiger partial charge in [-0.05, 0) is 51.0 Å². The van der Waals surface area contributed by atoms with Gasteiger partial charge < -0.3 is 15.0 Å². The van der Waals surface area contributed by atoms with Crippen LogP contribution < -0.4 is 5.32 Å². The van der Waals surface area contributed by atoms with Crippen LogP contribution in [-0.2, 0) is 20.9 Å². The second kappa shape index (κ2) is 9.92. The van der Waals surface area contributed by atoms with E-state index in [-0.39, 0.29) is 18.4 Å². The second-order valence-corrected chi connectivity index (χ2v) is 9.00. The molecule has 1 unspecified atom stereocenters. The minimum absolute atomic E-state index is 0.0146. The molecule has 8 nitrogen and oxygen atoms in total. The number of likely N-dealkylation sites (tertiary alicyclic amines) is 1. The van der Waals surface area contributed by atoms with Gasteiger partial charge in [-0.2, -0.15) is 5.10 Å². The Kier molecular flexibility index (Phi) is 7.04. The van der Waals surface area contributed by atoms with Gasteiger partial charge >= 0.3 is 0 Å². The summed E-state index contributed by atoms with van der Waals surface area (Å²) < 4.78 is 7.25. The lowest BCUT2D eigenvalue weighted by molar-refractivity contribution is -0.135. The van der Waals surface area contributed by atoms with Crippen molar-refractivity contribution in [3.05, 3.63) is 18.0 Å². The molecule has 8 heteroatoms. The fraction of sp³-hybridized carbons (Fsp3) is 0.773. The van der Waals surface area contributed by atoms with Crippen molar-refractivity contribution in [3.8, 4) is 0 Å². The van der Waals surface area contributed by atoms with Gasteiger partial charge in [-0.1, -0.05) is 0 Å². The van der Waals surface area contributed by atoms with E-state index in [1.54, 1.807) is 10.9 Å². The van der Waals surface area contributed by atoms with Crippen LogP contribution in [0.15, 0.2) is 12.4 Å². The van der Waals surface area contributed by atoms with Crippen LogP contribution in [-0.4, -0.2) is 82.9 Å². The highest BCUT2D eigenvalue weighted by molar-refractivity contribution is 5.81. The Morgan fingerprint density at radius 3 is 2.70 bits per heavy atom. The molecule has 3 fully saturated rings. The van der Waals surface area contributed by atoms with Crippen molar-refractivity contribution in [2.75, 3.05) is 39.4 Å². The van der Waals surface area contributed by atoms with Gasteiger partial charge in [-0.3, -0.25) is 19.2 Å². The van der Waals surface area contributed by atoms with E-state index in [4.69, 9.17) is 4.74 Å². The van der Waals surface area contributed by atoms with Crippen molar-refractivity contribution in [1.29, 1.82) is 0 Å². The average Bonchev–Trinajstić information content (AvgIpc) is 3.54. The number of ether oxygens (including phenoxy) is 1. The van der Waals surface area contributed by atoms with Crippen molar-refractivity contribution < 1.29 is 14.3 Å². The fourth-order valence-electron chi connectivity index (χ4n) is 4.78. The highest BCUT2D eigenvalue weighted by Gasteiger charge is 2.37. The van der Waals surface area contributed by atoms with Gasteiger partial charge in [0.2, 0.25) is 11.8 Å². The zero-order valence-corrected chi connectivity index (χ0v) is 18.1. The molecular weight excluding hydrogens is 382 g/mol. The van der Waals surface area contributed by atoms with E-state index in [0.29, 0.717) is 24.5 Å². The Balaban J connectivity index is 1.32. The lowest BCUT2D eigenvalue weighted by Gasteiger charge is -2.44. The number of aromatic nitrogens is 2. The first-order valence-electron chi connectivity index (χ1n) is 11.5. The molecule has 2 amide bonds. The van der Waals surface area contributed by atoms with Crippen LogP contribution in [0.3, 0.4) is 0 Å². The molecule has 0 bridgehead atoms. The maximum atomic E-state index is 12.6. The molecule has 4 rings (SSSR count). The van der Waals surface area contributed by atoms with Crippen molar-refractivity contribution in [2.45, 2.75) is 64.1 Å². The summed E-state index contributed by atoms with van der Waals surface area (Å²) in [5.41, 5.74) is 1.05. The van der Waals surface area contributed by atoms with Crippen LogP contribution in [0.5, 0.6) is 0 Å². The molecule has 3 heterocycles. The van der Waals surface area contributed by atoms with E-state index in [0.717, 1.165) is 76.9 Å². The Hall–Kier alpha value is -1.93. The SMILES string of the molecule is Cc1cnn(CC(=O)NCCN(C2CCOCC2)C2CCCN(C(=O)C3CC3)C2)c1. The zero-order chi connectivity index (χ0) is 20.9. The average molecular weight is 418 g/mol. The van der Waals surface area contributed by atoms with Gasteiger partial charge in [-0.25, -0.2) is 0 Å². The molecule has 1 aromatic heterocycles. The van der Waals surface area contributed by atoms with E-state index in [1.807, 2.05) is 13.1 Å². The topological polar surface area (TPSA) is 79.7 Å². The number of nitrogens with zero attached hydrogens (tertiary/aromatic N) is 4.